The third-order valence-corrected chi connectivity index (χ3v) is 5.28. The van der Waals surface area contributed by atoms with Gasteiger partial charge in [-0.3, -0.25) is 4.98 Å². The predicted molar refractivity (Wildman–Crippen MR) is 67.5 cm³/mol. The highest BCUT2D eigenvalue weighted by molar-refractivity contribution is 8.06. The van der Waals surface area contributed by atoms with Crippen LogP contribution in [0.1, 0.15) is 17.2 Å². The van der Waals surface area contributed by atoms with Gasteiger partial charge in [-0.25, -0.2) is 0 Å². The third-order valence-electron chi connectivity index (χ3n) is 2.43. The fourth-order valence-electron chi connectivity index (χ4n) is 1.64. The van der Waals surface area contributed by atoms with Crippen molar-refractivity contribution in [3.8, 4) is 0 Å². The van der Waals surface area contributed by atoms with Crippen molar-refractivity contribution in [3.63, 3.8) is 0 Å². The highest BCUT2D eigenvalue weighted by Crippen LogP contribution is 2.33. The van der Waals surface area contributed by atoms with E-state index in [2.05, 4.69) is 4.98 Å². The van der Waals surface area contributed by atoms with E-state index in [0.717, 1.165) is 22.6 Å². The van der Waals surface area contributed by atoms with Gasteiger partial charge in [0.15, 0.2) is 0 Å². The molecule has 1 aromatic rings. The average molecular weight is 241 g/mol. The van der Waals surface area contributed by atoms with E-state index < -0.39 is 0 Å². The van der Waals surface area contributed by atoms with Crippen molar-refractivity contribution in [2.45, 2.75) is 18.3 Å². The molecule has 0 amide bonds. The molecule has 2 rings (SSSR count). The summed E-state index contributed by atoms with van der Waals surface area (Å²) in [4.78, 5) is 4.12. The Kier molecular flexibility index (Phi) is 3.94. The van der Waals surface area contributed by atoms with Gasteiger partial charge in [-0.2, -0.15) is 23.5 Å². The molecule has 4 heteroatoms. The fraction of sp³-hybridized carbons (Fsp3) is 0.545. The minimum atomic E-state index is -0.366. The first-order valence-corrected chi connectivity index (χ1v) is 7.26. The van der Waals surface area contributed by atoms with Crippen molar-refractivity contribution in [3.05, 3.63) is 29.6 Å². The van der Waals surface area contributed by atoms with Crippen LogP contribution < -0.4 is 0 Å². The molecule has 1 N–H and O–H groups in total. The first-order chi connectivity index (χ1) is 7.27. The van der Waals surface area contributed by atoms with Gasteiger partial charge in [-0.15, -0.1) is 0 Å². The number of hydrogen-bond donors (Lipinski definition) is 1. The summed E-state index contributed by atoms with van der Waals surface area (Å²) in [6, 6.07) is 2.03. The second kappa shape index (κ2) is 5.23. The number of rotatable bonds is 2. The number of thioether (sulfide) groups is 2. The normalized spacial score (nSPS) is 23.7. The molecule has 0 aliphatic carbocycles. The molecule has 2 heterocycles. The van der Waals surface area contributed by atoms with Gasteiger partial charge in [0.05, 0.1) is 6.10 Å². The molecule has 0 bridgehead atoms. The molecule has 1 aromatic heterocycles. The first kappa shape index (κ1) is 11.3. The quantitative estimate of drug-likeness (QED) is 0.861. The Morgan fingerprint density at radius 1 is 1.47 bits per heavy atom. The number of aliphatic hydroxyl groups is 1. The lowest BCUT2D eigenvalue weighted by atomic mass is 10.1. The van der Waals surface area contributed by atoms with Crippen LogP contribution in [0.25, 0.3) is 0 Å². The first-order valence-electron chi connectivity index (χ1n) is 5.06. The minimum Gasteiger partial charge on any atom is -0.387 e. The van der Waals surface area contributed by atoms with Crippen LogP contribution in [-0.4, -0.2) is 32.6 Å². The zero-order chi connectivity index (χ0) is 10.7. The van der Waals surface area contributed by atoms with Crippen LogP contribution in [0.5, 0.6) is 0 Å². The van der Waals surface area contributed by atoms with Gasteiger partial charge >= 0.3 is 0 Å². The van der Waals surface area contributed by atoms with Crippen molar-refractivity contribution < 1.29 is 5.11 Å². The van der Waals surface area contributed by atoms with Gasteiger partial charge in [0, 0.05) is 40.5 Å². The monoisotopic (exact) mass is 241 g/mol. The highest BCUT2D eigenvalue weighted by atomic mass is 32.2. The van der Waals surface area contributed by atoms with Crippen LogP contribution in [-0.2, 0) is 0 Å². The van der Waals surface area contributed by atoms with E-state index in [-0.39, 0.29) is 6.10 Å². The predicted octanol–water partition coefficient (Wildman–Crippen LogP) is 2.27. The lowest BCUT2D eigenvalue weighted by molar-refractivity contribution is 0.180. The standard InChI is InChI=1S/C11H15NOS2/c1-8-4-9(6-12-5-8)11(13)10-7-14-2-3-15-10/h4-6,10-11,13H,2-3,7H2,1H3. The summed E-state index contributed by atoms with van der Waals surface area (Å²) >= 11 is 3.80. The molecule has 15 heavy (non-hydrogen) atoms. The maximum atomic E-state index is 10.2. The summed E-state index contributed by atoms with van der Waals surface area (Å²) < 4.78 is 0. The lowest BCUT2D eigenvalue weighted by Crippen LogP contribution is -2.22. The fourth-order valence-corrected chi connectivity index (χ4v) is 4.40. The van der Waals surface area contributed by atoms with Gasteiger partial charge in [-0.05, 0) is 12.5 Å². The van der Waals surface area contributed by atoms with Crippen LogP contribution in [0.4, 0.5) is 0 Å². The van der Waals surface area contributed by atoms with Crippen molar-refractivity contribution in [1.29, 1.82) is 0 Å². The minimum absolute atomic E-state index is 0.326. The summed E-state index contributed by atoms with van der Waals surface area (Å²) in [6.07, 6.45) is 3.23. The van der Waals surface area contributed by atoms with Gasteiger partial charge in [0.1, 0.15) is 0 Å². The molecule has 0 aromatic carbocycles. The van der Waals surface area contributed by atoms with Crippen LogP contribution in [0.15, 0.2) is 18.5 Å². The Hall–Kier alpha value is -0.190. The maximum Gasteiger partial charge on any atom is 0.0931 e. The summed E-state index contributed by atoms with van der Waals surface area (Å²) in [5.41, 5.74) is 2.06. The topological polar surface area (TPSA) is 33.1 Å². The van der Waals surface area contributed by atoms with Crippen molar-refractivity contribution in [2.75, 3.05) is 17.3 Å². The Balaban J connectivity index is 2.08. The van der Waals surface area contributed by atoms with Gasteiger partial charge in [0.25, 0.3) is 0 Å². The number of pyridine rings is 1. The summed E-state index contributed by atoms with van der Waals surface area (Å²) in [5.74, 6) is 3.39. The molecule has 1 aliphatic heterocycles. The molecule has 1 aliphatic rings. The van der Waals surface area contributed by atoms with E-state index in [4.69, 9.17) is 0 Å². The van der Waals surface area contributed by atoms with Crippen molar-refractivity contribution >= 4 is 23.5 Å². The average Bonchev–Trinajstić information content (AvgIpc) is 2.29. The van der Waals surface area contributed by atoms with E-state index in [0.29, 0.717) is 5.25 Å². The van der Waals surface area contributed by atoms with Gasteiger partial charge < -0.3 is 5.11 Å². The number of nitrogens with zero attached hydrogens (tertiary/aromatic N) is 1. The SMILES string of the molecule is Cc1cncc(C(O)C2CSCCS2)c1. The van der Waals surface area contributed by atoms with Crippen LogP contribution in [0, 0.1) is 6.92 Å². The lowest BCUT2D eigenvalue weighted by Gasteiger charge is -2.25. The van der Waals surface area contributed by atoms with Crippen LogP contribution >= 0.6 is 23.5 Å². The van der Waals surface area contributed by atoms with Crippen molar-refractivity contribution in [2.24, 2.45) is 0 Å². The molecule has 2 nitrogen and oxygen atoms in total. The molecule has 1 saturated heterocycles. The largest absolute Gasteiger partial charge is 0.387 e. The molecule has 2 atom stereocenters. The molecule has 0 spiro atoms. The molecular formula is C11H15NOS2. The molecule has 2 unspecified atom stereocenters. The Bertz CT molecular complexity index is 326. The van der Waals surface area contributed by atoms with Crippen molar-refractivity contribution in [1.82, 2.24) is 4.98 Å². The number of aliphatic hydroxyl groups excluding tert-OH is 1. The summed E-state index contributed by atoms with van der Waals surface area (Å²) in [7, 11) is 0. The number of aryl methyl sites for hydroxylation is 1. The van der Waals surface area contributed by atoms with Crippen LogP contribution in [0.2, 0.25) is 0 Å². The Morgan fingerprint density at radius 3 is 3.00 bits per heavy atom. The summed E-state index contributed by atoms with van der Waals surface area (Å²) in [5, 5.41) is 10.5. The molecule has 1 fully saturated rings. The Labute approximate surface area is 98.9 Å². The zero-order valence-corrected chi connectivity index (χ0v) is 10.4. The second-order valence-corrected chi connectivity index (χ2v) is 6.22. The second-order valence-electron chi connectivity index (χ2n) is 3.72. The molecule has 82 valence electrons. The zero-order valence-electron chi connectivity index (χ0n) is 8.72. The van der Waals surface area contributed by atoms with E-state index >= 15 is 0 Å². The number of aromatic nitrogens is 1. The van der Waals surface area contributed by atoms with Gasteiger partial charge in [-0.1, -0.05) is 6.07 Å². The van der Waals surface area contributed by atoms with E-state index in [9.17, 15) is 5.11 Å². The molecule has 0 radical (unpaired) electrons. The Morgan fingerprint density at radius 2 is 2.33 bits per heavy atom. The number of hydrogen-bond acceptors (Lipinski definition) is 4. The van der Waals surface area contributed by atoms with E-state index in [1.807, 2.05) is 42.7 Å². The van der Waals surface area contributed by atoms with E-state index in [1.165, 1.54) is 5.75 Å². The van der Waals surface area contributed by atoms with Gasteiger partial charge in [0.2, 0.25) is 0 Å². The summed E-state index contributed by atoms with van der Waals surface area (Å²) in [6.45, 7) is 2.01. The highest BCUT2D eigenvalue weighted by Gasteiger charge is 2.24. The molecular weight excluding hydrogens is 226 g/mol. The molecule has 0 saturated carbocycles. The third kappa shape index (κ3) is 2.89. The van der Waals surface area contributed by atoms with E-state index in [1.54, 1.807) is 6.20 Å². The van der Waals surface area contributed by atoms with Crippen LogP contribution in [0.3, 0.4) is 0 Å². The maximum absolute atomic E-state index is 10.2. The smallest absolute Gasteiger partial charge is 0.0931 e.